The predicted molar refractivity (Wildman–Crippen MR) is 69.1 cm³/mol. The zero-order valence-electron chi connectivity index (χ0n) is 11.4. The van der Waals surface area contributed by atoms with Crippen LogP contribution in [0.1, 0.15) is 36.2 Å². The van der Waals surface area contributed by atoms with E-state index in [-0.39, 0.29) is 11.1 Å². The van der Waals surface area contributed by atoms with Crippen molar-refractivity contribution in [3.63, 3.8) is 0 Å². The number of nitrogens with two attached hydrogens (primary N) is 1. The number of aromatic nitrogens is 1. The van der Waals surface area contributed by atoms with Crippen molar-refractivity contribution in [1.29, 1.82) is 0 Å². The summed E-state index contributed by atoms with van der Waals surface area (Å²) in [4.78, 5) is 0. The van der Waals surface area contributed by atoms with Gasteiger partial charge in [0.15, 0.2) is 23.3 Å². The van der Waals surface area contributed by atoms with Crippen molar-refractivity contribution in [2.24, 2.45) is 0 Å². The van der Waals surface area contributed by atoms with Crippen LogP contribution >= 0.6 is 0 Å². The third-order valence-electron chi connectivity index (χ3n) is 4.36. The first-order valence-corrected chi connectivity index (χ1v) is 6.78. The van der Waals surface area contributed by atoms with E-state index in [4.69, 9.17) is 10.5 Å². The van der Waals surface area contributed by atoms with Crippen LogP contribution in [0, 0.1) is 23.3 Å². The standard InChI is InChI=1S/C14H10F4N2O3/c15-7-9(17)12(10(18)8(16)11(7)19)20-13(21)5-3-1-2-4(23-3)6(5)14(20)22/h3-4,21-22H,1-2,19H2/t3-,4+. The Hall–Kier alpha value is -2.42. The molecule has 2 aliphatic rings. The zero-order valence-corrected chi connectivity index (χ0v) is 11.4. The molecule has 4 rings (SSSR count). The van der Waals surface area contributed by atoms with E-state index >= 15 is 0 Å². The molecule has 3 heterocycles. The highest BCUT2D eigenvalue weighted by molar-refractivity contribution is 5.60. The molecule has 2 atom stereocenters. The van der Waals surface area contributed by atoms with E-state index in [9.17, 15) is 27.8 Å². The molecule has 2 aromatic rings. The summed E-state index contributed by atoms with van der Waals surface area (Å²) in [6, 6.07) is 0. The molecule has 0 amide bonds. The molecule has 0 spiro atoms. The molecular weight excluding hydrogens is 320 g/mol. The molecule has 1 aromatic heterocycles. The van der Waals surface area contributed by atoms with Gasteiger partial charge in [0.1, 0.15) is 11.4 Å². The summed E-state index contributed by atoms with van der Waals surface area (Å²) in [5, 5.41) is 20.4. The van der Waals surface area contributed by atoms with E-state index in [0.717, 1.165) is 0 Å². The monoisotopic (exact) mass is 330 g/mol. The number of anilines is 1. The number of nitrogens with zero attached hydrogens (tertiary/aromatic N) is 1. The summed E-state index contributed by atoms with van der Waals surface area (Å²) >= 11 is 0. The molecule has 5 nitrogen and oxygen atoms in total. The van der Waals surface area contributed by atoms with Gasteiger partial charge >= 0.3 is 0 Å². The van der Waals surface area contributed by atoms with Gasteiger partial charge < -0.3 is 20.7 Å². The van der Waals surface area contributed by atoms with Gasteiger partial charge in [-0.2, -0.15) is 0 Å². The van der Waals surface area contributed by atoms with Crippen LogP contribution in [0.15, 0.2) is 0 Å². The van der Waals surface area contributed by atoms with Crippen LogP contribution in [0.4, 0.5) is 23.2 Å². The Labute approximate surface area is 126 Å². The first-order chi connectivity index (χ1) is 10.8. The third kappa shape index (κ3) is 1.55. The molecule has 0 unspecified atom stereocenters. The Kier molecular flexibility index (Phi) is 2.66. The second kappa shape index (κ2) is 4.31. The Bertz CT molecular complexity index is 802. The molecule has 1 aromatic carbocycles. The van der Waals surface area contributed by atoms with Gasteiger partial charge in [-0.05, 0) is 12.8 Å². The molecule has 4 N–H and O–H groups in total. The summed E-state index contributed by atoms with van der Waals surface area (Å²) in [6.07, 6.45) is 0.0577. The van der Waals surface area contributed by atoms with Crippen molar-refractivity contribution in [2.45, 2.75) is 25.0 Å². The van der Waals surface area contributed by atoms with E-state index in [2.05, 4.69) is 0 Å². The fourth-order valence-corrected chi connectivity index (χ4v) is 3.32. The minimum Gasteiger partial charge on any atom is -0.494 e. The molecule has 1 saturated heterocycles. The van der Waals surface area contributed by atoms with Crippen LogP contribution in [0.3, 0.4) is 0 Å². The molecule has 23 heavy (non-hydrogen) atoms. The molecule has 0 aliphatic carbocycles. The number of fused-ring (bicyclic) bond motifs is 5. The topological polar surface area (TPSA) is 80.6 Å². The maximum atomic E-state index is 14.1. The summed E-state index contributed by atoms with van der Waals surface area (Å²) in [6.45, 7) is 0. The van der Waals surface area contributed by atoms with E-state index in [0.29, 0.717) is 17.4 Å². The lowest BCUT2D eigenvalue weighted by Gasteiger charge is -2.14. The average Bonchev–Trinajstić information content (AvgIpc) is 3.20. The number of nitrogen functional groups attached to an aromatic ring is 1. The second-order valence-electron chi connectivity index (χ2n) is 5.52. The van der Waals surface area contributed by atoms with Gasteiger partial charge in [0.2, 0.25) is 11.8 Å². The number of ether oxygens (including phenoxy) is 1. The fraction of sp³-hybridized carbons (Fsp3) is 0.286. The van der Waals surface area contributed by atoms with Crippen LogP contribution in [-0.2, 0) is 4.74 Å². The second-order valence-corrected chi connectivity index (χ2v) is 5.52. The van der Waals surface area contributed by atoms with Gasteiger partial charge in [-0.3, -0.25) is 0 Å². The number of halogens is 4. The summed E-state index contributed by atoms with van der Waals surface area (Å²) in [5.41, 5.74) is 2.72. The van der Waals surface area contributed by atoms with Gasteiger partial charge in [0.25, 0.3) is 0 Å². The minimum absolute atomic E-state index is 0.176. The van der Waals surface area contributed by atoms with Crippen molar-refractivity contribution in [1.82, 2.24) is 4.57 Å². The normalized spacial score (nSPS) is 21.9. The number of hydrogen-bond acceptors (Lipinski definition) is 4. The van der Waals surface area contributed by atoms with Crippen molar-refractivity contribution < 1.29 is 32.5 Å². The van der Waals surface area contributed by atoms with Gasteiger partial charge in [0.05, 0.1) is 23.3 Å². The predicted octanol–water partition coefficient (Wildman–Crippen LogP) is 2.93. The number of hydrogen-bond donors (Lipinski definition) is 3. The highest BCUT2D eigenvalue weighted by atomic mass is 19.2. The van der Waals surface area contributed by atoms with Crippen LogP contribution in [0.5, 0.6) is 11.8 Å². The van der Waals surface area contributed by atoms with Crippen LogP contribution < -0.4 is 5.73 Å². The lowest BCUT2D eigenvalue weighted by molar-refractivity contribution is 0.0682. The van der Waals surface area contributed by atoms with E-state index < -0.39 is 58.6 Å². The number of rotatable bonds is 1. The van der Waals surface area contributed by atoms with Crippen LogP contribution in [0.25, 0.3) is 5.69 Å². The zero-order chi connectivity index (χ0) is 16.6. The lowest BCUT2D eigenvalue weighted by atomic mass is 9.95. The van der Waals surface area contributed by atoms with E-state index in [1.165, 1.54) is 0 Å². The van der Waals surface area contributed by atoms with Crippen molar-refractivity contribution in [2.75, 3.05) is 5.73 Å². The average molecular weight is 330 g/mol. The quantitative estimate of drug-likeness (QED) is 0.427. The Balaban J connectivity index is 2.05. The SMILES string of the molecule is Nc1c(F)c(F)c(-n2c(O)c3c(c2O)[C@H]2CC[C@@H]3O2)c(F)c1F. The smallest absolute Gasteiger partial charge is 0.205 e. The maximum Gasteiger partial charge on any atom is 0.205 e. The minimum atomic E-state index is -1.81. The maximum absolute atomic E-state index is 14.1. The van der Waals surface area contributed by atoms with Crippen molar-refractivity contribution >= 4 is 5.69 Å². The summed E-state index contributed by atoms with van der Waals surface area (Å²) in [7, 11) is 0. The molecule has 0 saturated carbocycles. The lowest BCUT2D eigenvalue weighted by Crippen LogP contribution is -2.10. The van der Waals surface area contributed by atoms with Gasteiger partial charge in [-0.25, -0.2) is 22.1 Å². The Morgan fingerprint density at radius 1 is 0.870 bits per heavy atom. The highest BCUT2D eigenvalue weighted by Gasteiger charge is 2.46. The van der Waals surface area contributed by atoms with Gasteiger partial charge in [-0.15, -0.1) is 0 Å². The molecular formula is C14H10F4N2O3. The molecule has 9 heteroatoms. The third-order valence-corrected chi connectivity index (χ3v) is 4.36. The van der Waals surface area contributed by atoms with E-state index in [1.807, 2.05) is 0 Å². The van der Waals surface area contributed by atoms with Crippen LogP contribution in [0.2, 0.25) is 0 Å². The number of benzene rings is 1. The molecule has 122 valence electrons. The summed E-state index contributed by atoms with van der Waals surface area (Å²) < 4.78 is 61.3. The Morgan fingerprint density at radius 2 is 1.30 bits per heavy atom. The first kappa shape index (κ1) is 14.2. The molecule has 2 bridgehead atoms. The van der Waals surface area contributed by atoms with Crippen molar-refractivity contribution in [3.8, 4) is 17.4 Å². The van der Waals surface area contributed by atoms with Gasteiger partial charge in [0, 0.05) is 0 Å². The first-order valence-electron chi connectivity index (χ1n) is 6.78. The largest absolute Gasteiger partial charge is 0.494 e. The molecule has 0 radical (unpaired) electrons. The fourth-order valence-electron chi connectivity index (χ4n) is 3.32. The molecule has 2 aliphatic heterocycles. The molecule has 1 fully saturated rings. The summed E-state index contributed by atoms with van der Waals surface area (Å²) in [5.74, 6) is -8.66. The number of aromatic hydroxyl groups is 2. The van der Waals surface area contributed by atoms with Crippen molar-refractivity contribution in [3.05, 3.63) is 34.4 Å². The van der Waals surface area contributed by atoms with Crippen LogP contribution in [-0.4, -0.2) is 14.8 Å². The highest BCUT2D eigenvalue weighted by Crippen LogP contribution is 2.58. The van der Waals surface area contributed by atoms with Gasteiger partial charge in [-0.1, -0.05) is 0 Å². The Morgan fingerprint density at radius 3 is 1.74 bits per heavy atom. The van der Waals surface area contributed by atoms with E-state index in [1.54, 1.807) is 0 Å².